The van der Waals surface area contributed by atoms with E-state index in [2.05, 4.69) is 24.8 Å². The Kier molecular flexibility index (Phi) is 11.0. The number of nitrogens with zero attached hydrogens (tertiary/aromatic N) is 1. The van der Waals surface area contributed by atoms with Crippen molar-refractivity contribution in [2.24, 2.45) is 5.73 Å². The summed E-state index contributed by atoms with van der Waals surface area (Å²) in [7, 11) is 0. The maximum atomic E-state index is 11.9. The SMILES string of the molecule is FC1CCCN1F.NC(=S)S.[BiH3]. The Balaban J connectivity index is 0. The molecule has 1 aliphatic heterocycles. The van der Waals surface area contributed by atoms with Gasteiger partial charge in [-0.2, -0.15) is 0 Å². The van der Waals surface area contributed by atoms with Gasteiger partial charge in [-0.15, -0.1) is 22.2 Å². The van der Waals surface area contributed by atoms with E-state index in [4.69, 9.17) is 5.73 Å². The number of thiol groups is 1. The van der Waals surface area contributed by atoms with Crippen molar-refractivity contribution >= 4 is 55.4 Å². The topological polar surface area (TPSA) is 29.3 Å². The van der Waals surface area contributed by atoms with Crippen LogP contribution in [0.1, 0.15) is 12.8 Å². The molecule has 0 spiro atoms. The second kappa shape index (κ2) is 8.54. The molecule has 74 valence electrons. The molecule has 0 bridgehead atoms. The number of hydrogen-bond acceptors (Lipinski definition) is 2. The zero-order valence-corrected chi connectivity index (χ0v) is 13.8. The molecule has 12 heavy (non-hydrogen) atoms. The average Bonchev–Trinajstić information content (AvgIpc) is 2.15. The summed E-state index contributed by atoms with van der Waals surface area (Å²) in [5, 5.41) is 0.236. The van der Waals surface area contributed by atoms with E-state index in [1.54, 1.807) is 0 Å². The fraction of sp³-hybridized carbons (Fsp3) is 0.800. The zero-order valence-electron chi connectivity index (χ0n) is 6.54. The summed E-state index contributed by atoms with van der Waals surface area (Å²) in [6.45, 7) is 0.265. The first-order valence-electron chi connectivity index (χ1n) is 3.09. The van der Waals surface area contributed by atoms with Crippen molar-refractivity contribution in [3.8, 4) is 0 Å². The van der Waals surface area contributed by atoms with Gasteiger partial charge in [0.2, 0.25) is 0 Å². The number of halogens is 2. The third-order valence-electron chi connectivity index (χ3n) is 1.12. The van der Waals surface area contributed by atoms with E-state index in [-0.39, 0.29) is 42.2 Å². The number of hydrogen-bond donors (Lipinski definition) is 2. The van der Waals surface area contributed by atoms with Crippen molar-refractivity contribution in [2.45, 2.75) is 19.1 Å². The van der Waals surface area contributed by atoms with Crippen molar-refractivity contribution in [1.29, 1.82) is 0 Å². The van der Waals surface area contributed by atoms with E-state index in [1.807, 2.05) is 0 Å². The number of rotatable bonds is 0. The average molecular weight is 412 g/mol. The van der Waals surface area contributed by atoms with Gasteiger partial charge in [0, 0.05) is 6.54 Å². The number of alkyl halides is 1. The predicted molar refractivity (Wildman–Crippen MR) is 57.7 cm³/mol. The van der Waals surface area contributed by atoms with Gasteiger partial charge >= 0.3 is 26.2 Å². The van der Waals surface area contributed by atoms with Crippen molar-refractivity contribution in [3.63, 3.8) is 0 Å². The molecule has 0 aromatic carbocycles. The van der Waals surface area contributed by atoms with Gasteiger partial charge in [-0.3, -0.25) is 0 Å². The van der Waals surface area contributed by atoms with E-state index >= 15 is 0 Å². The molecule has 1 fully saturated rings. The standard InChI is InChI=1S/C4H7F2N.CH3NS2.Bi.3H/c5-4-2-1-3-7(4)6;2-1(3)4;;;;/h4H,1-3H2;(H3,2,3,4);;;;. The molecule has 1 atom stereocenters. The summed E-state index contributed by atoms with van der Waals surface area (Å²) in [6, 6.07) is 0. The predicted octanol–water partition coefficient (Wildman–Crippen LogP) is 0.238. The van der Waals surface area contributed by atoms with Crippen LogP contribution in [0.25, 0.3) is 0 Å². The van der Waals surface area contributed by atoms with Crippen LogP contribution >= 0.6 is 24.8 Å². The molecule has 1 rings (SSSR count). The molecule has 0 saturated carbocycles. The molecule has 0 aromatic rings. The van der Waals surface area contributed by atoms with Gasteiger partial charge in [-0.05, 0) is 12.8 Å². The Morgan fingerprint density at radius 1 is 1.67 bits per heavy atom. The number of thiocarbonyl (C=S) groups is 1. The van der Waals surface area contributed by atoms with E-state index in [1.165, 1.54) is 0 Å². The fourth-order valence-electron chi connectivity index (χ4n) is 0.691. The summed E-state index contributed by atoms with van der Waals surface area (Å²) in [5.74, 6) is 0. The normalized spacial score (nSPS) is 22.1. The molecule has 7 heteroatoms. The van der Waals surface area contributed by atoms with Crippen LogP contribution in [0.4, 0.5) is 8.87 Å². The molecule has 0 radical (unpaired) electrons. The number of nitrogens with two attached hydrogens (primary N) is 1. The van der Waals surface area contributed by atoms with Gasteiger partial charge in [0.1, 0.15) is 4.32 Å². The Hall–Kier alpha value is 0.943. The third-order valence-corrected chi connectivity index (χ3v) is 1.12. The molecule has 0 aliphatic carbocycles. The van der Waals surface area contributed by atoms with E-state index in [0.29, 0.717) is 12.8 Å². The van der Waals surface area contributed by atoms with E-state index in [0.717, 1.165) is 0 Å². The first kappa shape index (κ1) is 15.4. The molecule has 1 aliphatic rings. The second-order valence-electron chi connectivity index (χ2n) is 2.04. The van der Waals surface area contributed by atoms with Crippen LogP contribution in [0.3, 0.4) is 0 Å². The van der Waals surface area contributed by atoms with Crippen LogP contribution in [-0.2, 0) is 0 Å². The van der Waals surface area contributed by atoms with Crippen LogP contribution in [0, 0.1) is 0 Å². The van der Waals surface area contributed by atoms with Crippen LogP contribution < -0.4 is 5.73 Å². The van der Waals surface area contributed by atoms with Gasteiger partial charge in [-0.1, -0.05) is 12.2 Å². The second-order valence-corrected chi connectivity index (χ2v) is 3.26. The van der Waals surface area contributed by atoms with Crippen molar-refractivity contribution in [2.75, 3.05) is 6.54 Å². The van der Waals surface area contributed by atoms with E-state index in [9.17, 15) is 8.87 Å². The first-order chi connectivity index (χ1) is 5.04. The molecule has 0 aromatic heterocycles. The van der Waals surface area contributed by atoms with Gasteiger partial charge < -0.3 is 5.73 Å². The van der Waals surface area contributed by atoms with Crippen molar-refractivity contribution in [1.82, 2.24) is 5.12 Å². The zero-order chi connectivity index (χ0) is 8.85. The maximum absolute atomic E-state index is 11.9. The summed E-state index contributed by atoms with van der Waals surface area (Å²) in [4.78, 5) is 0. The summed E-state index contributed by atoms with van der Waals surface area (Å²) in [5.41, 5.74) is 4.71. The Morgan fingerprint density at radius 3 is 2.17 bits per heavy atom. The van der Waals surface area contributed by atoms with Crippen LogP contribution in [0.2, 0.25) is 0 Å². The van der Waals surface area contributed by atoms with Crippen molar-refractivity contribution in [3.05, 3.63) is 0 Å². The minimum absolute atomic E-state index is 0. The molecular weight excluding hydrogens is 399 g/mol. The van der Waals surface area contributed by atoms with Gasteiger partial charge in [0.15, 0.2) is 6.30 Å². The van der Waals surface area contributed by atoms with Gasteiger partial charge in [-0.25, -0.2) is 4.39 Å². The molecule has 1 unspecified atom stereocenters. The third kappa shape index (κ3) is 9.03. The molecule has 1 saturated heterocycles. The van der Waals surface area contributed by atoms with Crippen LogP contribution in [0.5, 0.6) is 0 Å². The summed E-state index contributed by atoms with van der Waals surface area (Å²) < 4.78 is 23.8. The Labute approximate surface area is 100 Å². The Morgan fingerprint density at radius 2 is 2.08 bits per heavy atom. The Bertz CT molecular complexity index is 127. The van der Waals surface area contributed by atoms with Crippen LogP contribution in [0.15, 0.2) is 0 Å². The van der Waals surface area contributed by atoms with Crippen molar-refractivity contribution < 1.29 is 8.87 Å². The molecule has 0 amide bonds. The molecule has 1 heterocycles. The molecule has 2 N–H and O–H groups in total. The van der Waals surface area contributed by atoms with Crippen LogP contribution in [-0.4, -0.2) is 48.5 Å². The quantitative estimate of drug-likeness (QED) is 0.197. The summed E-state index contributed by atoms with van der Waals surface area (Å²) >= 11 is 7.65. The minimum atomic E-state index is -1.32. The first-order valence-corrected chi connectivity index (χ1v) is 3.94. The summed E-state index contributed by atoms with van der Waals surface area (Å²) in [6.07, 6.45) is -0.311. The monoisotopic (exact) mass is 412 g/mol. The van der Waals surface area contributed by atoms with E-state index < -0.39 is 6.30 Å². The fourth-order valence-corrected chi connectivity index (χ4v) is 0.691. The molecule has 2 nitrogen and oxygen atoms in total. The van der Waals surface area contributed by atoms with Gasteiger partial charge in [0.05, 0.1) is 0 Å². The van der Waals surface area contributed by atoms with Gasteiger partial charge in [0.25, 0.3) is 0 Å². The molecular formula is C5H13BiF2N2S2.